The number of nitrogens with zero attached hydrogens (tertiary/aromatic N) is 1. The molecule has 0 bridgehead atoms. The fourth-order valence-electron chi connectivity index (χ4n) is 4.58. The molecule has 2 saturated carbocycles. The minimum Gasteiger partial charge on any atom is -0.326 e. The summed E-state index contributed by atoms with van der Waals surface area (Å²) < 4.78 is 0. The minimum absolute atomic E-state index is 0.113. The molecule has 2 fully saturated rings. The van der Waals surface area contributed by atoms with Crippen molar-refractivity contribution in [2.75, 3.05) is 10.6 Å². The van der Waals surface area contributed by atoms with Crippen molar-refractivity contribution in [2.45, 2.75) is 64.2 Å². The molecule has 2 N–H and O–H groups in total. The topological polar surface area (TPSA) is 71.1 Å². The van der Waals surface area contributed by atoms with Gasteiger partial charge in [0.2, 0.25) is 11.8 Å². The van der Waals surface area contributed by atoms with Gasteiger partial charge in [-0.25, -0.2) is 0 Å². The molecule has 1 aromatic carbocycles. The van der Waals surface area contributed by atoms with Gasteiger partial charge in [-0.1, -0.05) is 50.7 Å². The lowest BCUT2D eigenvalue weighted by atomic mass is 9.88. The van der Waals surface area contributed by atoms with E-state index in [9.17, 15) is 9.59 Å². The molecule has 0 spiro atoms. The Morgan fingerprint density at radius 2 is 1.17 bits per heavy atom. The van der Waals surface area contributed by atoms with Crippen LogP contribution in [-0.2, 0) is 9.59 Å². The standard InChI is InChI=1S/C25H31N3O2/c29-24(19-7-3-1-4-8-19)27-21-13-11-18(12-14-21)23-16-15-22(17-26-23)28-25(30)20-9-5-2-6-10-20/h11-17,19-20H,1-10H2,(H,27,29)(H,28,30). The van der Waals surface area contributed by atoms with E-state index in [1.165, 1.54) is 12.8 Å². The van der Waals surface area contributed by atoms with Crippen LogP contribution in [0.3, 0.4) is 0 Å². The van der Waals surface area contributed by atoms with Crippen molar-refractivity contribution >= 4 is 23.2 Å². The molecule has 5 heteroatoms. The number of aromatic nitrogens is 1. The third kappa shape index (κ3) is 5.26. The molecule has 2 aliphatic carbocycles. The second-order valence-corrected chi connectivity index (χ2v) is 8.66. The van der Waals surface area contributed by atoms with E-state index in [1.807, 2.05) is 36.4 Å². The largest absolute Gasteiger partial charge is 0.326 e. The number of benzene rings is 1. The number of amides is 2. The summed E-state index contributed by atoms with van der Waals surface area (Å²) in [6.45, 7) is 0. The van der Waals surface area contributed by atoms with Crippen LogP contribution < -0.4 is 10.6 Å². The van der Waals surface area contributed by atoms with E-state index >= 15 is 0 Å². The van der Waals surface area contributed by atoms with Crippen LogP contribution in [0.15, 0.2) is 42.6 Å². The highest BCUT2D eigenvalue weighted by molar-refractivity contribution is 5.93. The van der Waals surface area contributed by atoms with Crippen molar-refractivity contribution in [2.24, 2.45) is 11.8 Å². The Morgan fingerprint density at radius 3 is 1.67 bits per heavy atom. The summed E-state index contributed by atoms with van der Waals surface area (Å²) in [5.74, 6) is 0.534. The molecule has 0 aliphatic heterocycles. The number of rotatable bonds is 5. The second kappa shape index (κ2) is 9.88. The number of carbonyl (C=O) groups excluding carboxylic acids is 2. The first kappa shape index (κ1) is 20.6. The molecule has 4 rings (SSSR count). The highest BCUT2D eigenvalue weighted by atomic mass is 16.2. The third-order valence-corrected chi connectivity index (χ3v) is 6.43. The second-order valence-electron chi connectivity index (χ2n) is 8.66. The van der Waals surface area contributed by atoms with Crippen LogP contribution in [0.4, 0.5) is 11.4 Å². The van der Waals surface area contributed by atoms with Gasteiger partial charge in [0.05, 0.1) is 17.6 Å². The molecule has 0 unspecified atom stereocenters. The first-order valence-corrected chi connectivity index (χ1v) is 11.4. The predicted molar refractivity (Wildman–Crippen MR) is 120 cm³/mol. The average Bonchev–Trinajstić information content (AvgIpc) is 2.81. The van der Waals surface area contributed by atoms with E-state index in [0.717, 1.165) is 74.0 Å². The van der Waals surface area contributed by atoms with Gasteiger partial charge in [0.15, 0.2) is 0 Å². The van der Waals surface area contributed by atoms with Crippen molar-refractivity contribution < 1.29 is 9.59 Å². The highest BCUT2D eigenvalue weighted by Gasteiger charge is 2.22. The van der Waals surface area contributed by atoms with E-state index in [-0.39, 0.29) is 23.7 Å². The van der Waals surface area contributed by atoms with Gasteiger partial charge in [-0.05, 0) is 49.9 Å². The zero-order chi connectivity index (χ0) is 20.8. The number of hydrogen-bond donors (Lipinski definition) is 2. The normalized spacial score (nSPS) is 18.0. The monoisotopic (exact) mass is 405 g/mol. The molecule has 0 saturated heterocycles. The van der Waals surface area contributed by atoms with Gasteiger partial charge >= 0.3 is 0 Å². The van der Waals surface area contributed by atoms with Gasteiger partial charge in [0.1, 0.15) is 0 Å². The van der Waals surface area contributed by atoms with Crippen molar-refractivity contribution in [3.63, 3.8) is 0 Å². The Kier molecular flexibility index (Phi) is 6.77. The van der Waals surface area contributed by atoms with Crippen molar-refractivity contribution in [3.8, 4) is 11.3 Å². The molecule has 1 aromatic heterocycles. The van der Waals surface area contributed by atoms with Crippen LogP contribution >= 0.6 is 0 Å². The van der Waals surface area contributed by atoms with E-state index in [2.05, 4.69) is 15.6 Å². The maximum absolute atomic E-state index is 12.4. The molecule has 1 heterocycles. The molecule has 2 aromatic rings. The Morgan fingerprint density at radius 1 is 0.667 bits per heavy atom. The summed E-state index contributed by atoms with van der Waals surface area (Å²) in [4.78, 5) is 29.3. The third-order valence-electron chi connectivity index (χ3n) is 6.43. The first-order chi connectivity index (χ1) is 14.7. The maximum Gasteiger partial charge on any atom is 0.227 e. The van der Waals surface area contributed by atoms with Crippen LogP contribution in [0.2, 0.25) is 0 Å². The lowest BCUT2D eigenvalue weighted by molar-refractivity contribution is -0.121. The molecular formula is C25H31N3O2. The average molecular weight is 406 g/mol. The summed E-state index contributed by atoms with van der Waals surface area (Å²) in [5, 5.41) is 6.05. The summed E-state index contributed by atoms with van der Waals surface area (Å²) in [7, 11) is 0. The van der Waals surface area contributed by atoms with E-state index in [4.69, 9.17) is 0 Å². The van der Waals surface area contributed by atoms with Gasteiger partial charge < -0.3 is 10.6 Å². The smallest absolute Gasteiger partial charge is 0.227 e. The molecular weight excluding hydrogens is 374 g/mol. The quantitative estimate of drug-likeness (QED) is 0.662. The van der Waals surface area contributed by atoms with Gasteiger partial charge in [0, 0.05) is 23.1 Å². The Bertz CT molecular complexity index is 775. The van der Waals surface area contributed by atoms with E-state index in [0.29, 0.717) is 0 Å². The van der Waals surface area contributed by atoms with Crippen LogP contribution in [0, 0.1) is 11.8 Å². The maximum atomic E-state index is 12.4. The van der Waals surface area contributed by atoms with Crippen LogP contribution in [0.1, 0.15) is 64.2 Å². The zero-order valence-corrected chi connectivity index (χ0v) is 17.5. The lowest BCUT2D eigenvalue weighted by Crippen LogP contribution is -2.24. The highest BCUT2D eigenvalue weighted by Crippen LogP contribution is 2.27. The summed E-state index contributed by atoms with van der Waals surface area (Å²) in [6.07, 6.45) is 12.8. The molecule has 0 atom stereocenters. The Balaban J connectivity index is 1.33. The summed E-state index contributed by atoms with van der Waals surface area (Å²) >= 11 is 0. The van der Waals surface area contributed by atoms with Crippen LogP contribution in [-0.4, -0.2) is 16.8 Å². The fourth-order valence-corrected chi connectivity index (χ4v) is 4.58. The number of nitrogens with one attached hydrogen (secondary N) is 2. The first-order valence-electron chi connectivity index (χ1n) is 11.4. The fraction of sp³-hybridized carbons (Fsp3) is 0.480. The SMILES string of the molecule is O=C(Nc1ccc(-c2ccc(NC(=O)C3CCCCC3)cn2)cc1)C1CCCCC1. The number of hydrogen-bond acceptors (Lipinski definition) is 3. The zero-order valence-electron chi connectivity index (χ0n) is 17.5. The van der Waals surface area contributed by atoms with Gasteiger partial charge in [-0.3, -0.25) is 14.6 Å². The lowest BCUT2D eigenvalue weighted by Gasteiger charge is -2.20. The van der Waals surface area contributed by atoms with E-state index < -0.39 is 0 Å². The summed E-state index contributed by atoms with van der Waals surface area (Å²) in [5.41, 5.74) is 3.39. The number of carbonyl (C=O) groups is 2. The molecule has 5 nitrogen and oxygen atoms in total. The summed E-state index contributed by atoms with van der Waals surface area (Å²) in [6, 6.07) is 11.6. The Hall–Kier alpha value is -2.69. The molecule has 2 aliphatic rings. The van der Waals surface area contributed by atoms with Crippen LogP contribution in [0.5, 0.6) is 0 Å². The molecule has 30 heavy (non-hydrogen) atoms. The van der Waals surface area contributed by atoms with Crippen molar-refractivity contribution in [1.29, 1.82) is 0 Å². The van der Waals surface area contributed by atoms with Gasteiger partial charge in [-0.2, -0.15) is 0 Å². The van der Waals surface area contributed by atoms with Gasteiger partial charge in [0.25, 0.3) is 0 Å². The van der Waals surface area contributed by atoms with Gasteiger partial charge in [-0.15, -0.1) is 0 Å². The van der Waals surface area contributed by atoms with Crippen LogP contribution in [0.25, 0.3) is 11.3 Å². The van der Waals surface area contributed by atoms with Crippen molar-refractivity contribution in [1.82, 2.24) is 4.98 Å². The number of pyridine rings is 1. The Labute approximate surface area is 178 Å². The van der Waals surface area contributed by atoms with Crippen molar-refractivity contribution in [3.05, 3.63) is 42.6 Å². The molecule has 2 amide bonds. The number of anilines is 2. The molecule has 0 radical (unpaired) electrons. The predicted octanol–water partition coefficient (Wildman–Crippen LogP) is 5.79. The van der Waals surface area contributed by atoms with E-state index in [1.54, 1.807) is 6.20 Å². The molecule has 158 valence electrons. The minimum atomic E-state index is 0.113.